The maximum Gasteiger partial charge on any atom is 0.328 e. The van der Waals surface area contributed by atoms with Crippen LogP contribution in [-0.4, -0.2) is 11.1 Å². The van der Waals surface area contributed by atoms with Gasteiger partial charge < -0.3 is 5.11 Å². The molecule has 0 heterocycles. The van der Waals surface area contributed by atoms with Gasteiger partial charge in [0.05, 0.1) is 0 Å². The highest BCUT2D eigenvalue weighted by atomic mass is 35.5. The number of carboxylic acids is 1. The standard InChI is InChI=1S/C6H7ClO2/c1-2-5(7)3-4-6(8)9/h2-4H,1H3,(H,8,9). The molecule has 0 aromatic heterocycles. The van der Waals surface area contributed by atoms with Crippen LogP contribution in [0.2, 0.25) is 0 Å². The summed E-state index contributed by atoms with van der Waals surface area (Å²) in [6.07, 6.45) is 3.92. The normalized spacial score (nSPS) is 12.4. The molecule has 0 aliphatic heterocycles. The summed E-state index contributed by atoms with van der Waals surface area (Å²) in [6, 6.07) is 0. The van der Waals surface area contributed by atoms with E-state index >= 15 is 0 Å². The summed E-state index contributed by atoms with van der Waals surface area (Å²) in [5.41, 5.74) is 0. The van der Waals surface area contributed by atoms with E-state index in [9.17, 15) is 4.79 Å². The Kier molecular flexibility index (Phi) is 3.80. The molecule has 0 aromatic carbocycles. The third kappa shape index (κ3) is 5.11. The molecule has 0 aromatic rings. The van der Waals surface area contributed by atoms with E-state index < -0.39 is 5.97 Å². The van der Waals surface area contributed by atoms with Crippen LogP contribution in [0.5, 0.6) is 0 Å². The minimum absolute atomic E-state index is 0.428. The van der Waals surface area contributed by atoms with Crippen molar-refractivity contribution in [3.05, 3.63) is 23.3 Å². The summed E-state index contributed by atoms with van der Waals surface area (Å²) in [7, 11) is 0. The van der Waals surface area contributed by atoms with Gasteiger partial charge >= 0.3 is 5.97 Å². The highest BCUT2D eigenvalue weighted by molar-refractivity contribution is 6.31. The van der Waals surface area contributed by atoms with Gasteiger partial charge in [0.1, 0.15) is 0 Å². The van der Waals surface area contributed by atoms with E-state index in [-0.39, 0.29) is 0 Å². The zero-order chi connectivity index (χ0) is 7.28. The summed E-state index contributed by atoms with van der Waals surface area (Å²) in [6.45, 7) is 1.73. The molecule has 9 heavy (non-hydrogen) atoms. The Balaban J connectivity index is 3.86. The number of rotatable bonds is 2. The zero-order valence-corrected chi connectivity index (χ0v) is 5.72. The molecular weight excluding hydrogens is 140 g/mol. The number of aliphatic carboxylic acids is 1. The van der Waals surface area contributed by atoms with Crippen molar-refractivity contribution in [3.8, 4) is 0 Å². The molecular formula is C6H7ClO2. The largest absolute Gasteiger partial charge is 0.478 e. The van der Waals surface area contributed by atoms with E-state index in [1.807, 2.05) is 0 Å². The second-order valence-corrected chi connectivity index (χ2v) is 1.78. The van der Waals surface area contributed by atoms with Crippen LogP contribution in [0.15, 0.2) is 23.3 Å². The number of carboxylic acid groups (broad SMARTS) is 1. The fraction of sp³-hybridized carbons (Fsp3) is 0.167. The predicted molar refractivity (Wildman–Crippen MR) is 36.4 cm³/mol. The Hall–Kier alpha value is -0.760. The summed E-state index contributed by atoms with van der Waals surface area (Å²) in [5.74, 6) is -0.991. The number of allylic oxidation sites excluding steroid dienone is 3. The van der Waals surface area contributed by atoms with Gasteiger partial charge in [-0.15, -0.1) is 0 Å². The van der Waals surface area contributed by atoms with E-state index in [0.29, 0.717) is 5.03 Å². The van der Waals surface area contributed by atoms with E-state index in [2.05, 4.69) is 0 Å². The molecule has 0 amide bonds. The van der Waals surface area contributed by atoms with Gasteiger partial charge in [0.25, 0.3) is 0 Å². The van der Waals surface area contributed by atoms with Crippen LogP contribution in [0.3, 0.4) is 0 Å². The third-order valence-corrected chi connectivity index (χ3v) is 1.01. The van der Waals surface area contributed by atoms with Crippen LogP contribution in [-0.2, 0) is 4.79 Å². The SMILES string of the molecule is CC=C(Cl)C=CC(=O)O. The lowest BCUT2D eigenvalue weighted by atomic mass is 10.4. The lowest BCUT2D eigenvalue weighted by Gasteiger charge is -1.80. The van der Waals surface area contributed by atoms with Gasteiger partial charge in [-0.1, -0.05) is 17.7 Å². The average Bonchev–Trinajstić information content (AvgIpc) is 1.83. The third-order valence-electron chi connectivity index (χ3n) is 0.661. The van der Waals surface area contributed by atoms with E-state index in [1.54, 1.807) is 13.0 Å². The molecule has 0 rings (SSSR count). The first-order chi connectivity index (χ1) is 4.16. The molecule has 0 saturated heterocycles. The fourth-order valence-corrected chi connectivity index (χ4v) is 0.310. The molecule has 0 aliphatic rings. The number of hydrogen-bond acceptors (Lipinski definition) is 1. The average molecular weight is 147 g/mol. The Morgan fingerprint density at radius 1 is 1.56 bits per heavy atom. The van der Waals surface area contributed by atoms with Crippen molar-refractivity contribution >= 4 is 17.6 Å². The van der Waals surface area contributed by atoms with Crippen molar-refractivity contribution in [1.29, 1.82) is 0 Å². The smallest absolute Gasteiger partial charge is 0.328 e. The number of hydrogen-bond donors (Lipinski definition) is 1. The molecule has 50 valence electrons. The molecule has 0 atom stereocenters. The number of halogens is 1. The molecule has 2 nitrogen and oxygen atoms in total. The van der Waals surface area contributed by atoms with Crippen molar-refractivity contribution in [2.75, 3.05) is 0 Å². The molecule has 0 spiro atoms. The fourth-order valence-electron chi connectivity index (χ4n) is 0.247. The lowest BCUT2D eigenvalue weighted by molar-refractivity contribution is -0.131. The van der Waals surface area contributed by atoms with Crippen LogP contribution >= 0.6 is 11.6 Å². The van der Waals surface area contributed by atoms with Gasteiger partial charge in [0.15, 0.2) is 0 Å². The van der Waals surface area contributed by atoms with Gasteiger partial charge in [0.2, 0.25) is 0 Å². The van der Waals surface area contributed by atoms with E-state index in [4.69, 9.17) is 16.7 Å². The minimum Gasteiger partial charge on any atom is -0.478 e. The van der Waals surface area contributed by atoms with E-state index in [1.165, 1.54) is 6.08 Å². The first-order valence-electron chi connectivity index (χ1n) is 2.39. The number of carbonyl (C=O) groups is 1. The van der Waals surface area contributed by atoms with Crippen LogP contribution < -0.4 is 0 Å². The first-order valence-corrected chi connectivity index (χ1v) is 2.77. The Morgan fingerprint density at radius 2 is 2.11 bits per heavy atom. The summed E-state index contributed by atoms with van der Waals surface area (Å²) in [4.78, 5) is 9.85. The van der Waals surface area contributed by atoms with Gasteiger partial charge in [-0.3, -0.25) is 0 Å². The molecule has 0 fully saturated rings. The molecule has 1 N–H and O–H groups in total. The molecule has 3 heteroatoms. The summed E-state index contributed by atoms with van der Waals surface area (Å²) in [5, 5.41) is 8.51. The predicted octanol–water partition coefficient (Wildman–Crippen LogP) is 1.77. The van der Waals surface area contributed by atoms with E-state index in [0.717, 1.165) is 6.08 Å². The lowest BCUT2D eigenvalue weighted by Crippen LogP contribution is -1.84. The van der Waals surface area contributed by atoms with Gasteiger partial charge in [-0.05, 0) is 13.0 Å². The Bertz CT molecular complexity index is 158. The van der Waals surface area contributed by atoms with Crippen molar-refractivity contribution < 1.29 is 9.90 Å². The van der Waals surface area contributed by atoms with Gasteiger partial charge in [-0.2, -0.15) is 0 Å². The molecule has 0 aliphatic carbocycles. The van der Waals surface area contributed by atoms with Crippen molar-refractivity contribution in [2.45, 2.75) is 6.92 Å². The quantitative estimate of drug-likeness (QED) is 0.476. The van der Waals surface area contributed by atoms with Crippen molar-refractivity contribution in [3.63, 3.8) is 0 Å². The summed E-state index contributed by atoms with van der Waals surface area (Å²) < 4.78 is 0. The topological polar surface area (TPSA) is 37.3 Å². The first kappa shape index (κ1) is 8.24. The van der Waals surface area contributed by atoms with Gasteiger partial charge in [-0.25, -0.2) is 4.79 Å². The van der Waals surface area contributed by atoms with Crippen molar-refractivity contribution in [2.24, 2.45) is 0 Å². The highest BCUT2D eigenvalue weighted by Crippen LogP contribution is 2.00. The molecule has 0 radical (unpaired) electrons. The second-order valence-electron chi connectivity index (χ2n) is 1.35. The van der Waals surface area contributed by atoms with Crippen LogP contribution in [0.1, 0.15) is 6.92 Å². The second kappa shape index (κ2) is 4.15. The molecule has 0 bridgehead atoms. The minimum atomic E-state index is -0.991. The van der Waals surface area contributed by atoms with Crippen LogP contribution in [0, 0.1) is 0 Å². The highest BCUT2D eigenvalue weighted by Gasteiger charge is 1.85. The maximum absolute atomic E-state index is 9.85. The summed E-state index contributed by atoms with van der Waals surface area (Å²) >= 11 is 5.42. The monoisotopic (exact) mass is 146 g/mol. The van der Waals surface area contributed by atoms with Crippen LogP contribution in [0.25, 0.3) is 0 Å². The van der Waals surface area contributed by atoms with Crippen LogP contribution in [0.4, 0.5) is 0 Å². The molecule has 0 saturated carbocycles. The Morgan fingerprint density at radius 3 is 2.44 bits per heavy atom. The van der Waals surface area contributed by atoms with Crippen molar-refractivity contribution in [1.82, 2.24) is 0 Å². The van der Waals surface area contributed by atoms with Gasteiger partial charge in [0, 0.05) is 11.1 Å². The maximum atomic E-state index is 9.85. The Labute approximate surface area is 58.4 Å². The zero-order valence-electron chi connectivity index (χ0n) is 4.97. The molecule has 0 unspecified atom stereocenters.